The first-order chi connectivity index (χ1) is 14.5. The SMILES string of the molecule is Nc1cc(OCc2ccccc2)c(C=O)cc1OCCOc1c(N)ccc(F)c1F. The van der Waals surface area contributed by atoms with Crippen molar-refractivity contribution in [3.63, 3.8) is 0 Å². The predicted molar refractivity (Wildman–Crippen MR) is 109 cm³/mol. The number of halogens is 2. The van der Waals surface area contributed by atoms with E-state index in [1.807, 2.05) is 30.3 Å². The van der Waals surface area contributed by atoms with Gasteiger partial charge in [-0.2, -0.15) is 4.39 Å². The van der Waals surface area contributed by atoms with Crippen LogP contribution < -0.4 is 25.7 Å². The molecule has 3 aromatic rings. The minimum absolute atomic E-state index is 0.0310. The minimum Gasteiger partial charge on any atom is -0.488 e. The molecule has 0 unspecified atom stereocenters. The molecule has 8 heteroatoms. The normalized spacial score (nSPS) is 10.5. The monoisotopic (exact) mass is 414 g/mol. The number of anilines is 2. The summed E-state index contributed by atoms with van der Waals surface area (Å²) < 4.78 is 43.4. The molecule has 156 valence electrons. The van der Waals surface area contributed by atoms with E-state index in [0.29, 0.717) is 12.0 Å². The lowest BCUT2D eigenvalue weighted by molar-refractivity contribution is 0.111. The van der Waals surface area contributed by atoms with Crippen LogP contribution in [0.25, 0.3) is 0 Å². The highest BCUT2D eigenvalue weighted by molar-refractivity contribution is 5.82. The van der Waals surface area contributed by atoms with Crippen LogP contribution in [0.5, 0.6) is 17.2 Å². The molecule has 0 heterocycles. The first-order valence-corrected chi connectivity index (χ1v) is 9.04. The fourth-order valence-corrected chi connectivity index (χ4v) is 2.66. The minimum atomic E-state index is -1.17. The number of nitrogens with two attached hydrogens (primary N) is 2. The van der Waals surface area contributed by atoms with Crippen molar-refractivity contribution in [1.29, 1.82) is 0 Å². The third-order valence-corrected chi connectivity index (χ3v) is 4.17. The molecular weight excluding hydrogens is 394 g/mol. The maximum Gasteiger partial charge on any atom is 0.202 e. The maximum absolute atomic E-state index is 13.7. The van der Waals surface area contributed by atoms with E-state index in [1.54, 1.807) is 0 Å². The number of hydrogen-bond acceptors (Lipinski definition) is 6. The number of aldehydes is 1. The molecule has 0 atom stereocenters. The predicted octanol–water partition coefficient (Wildman–Crippen LogP) is 3.98. The molecular formula is C22H20F2N2O4. The van der Waals surface area contributed by atoms with Gasteiger partial charge >= 0.3 is 0 Å². The number of carbonyl (C=O) groups excluding carboxylic acids is 1. The zero-order valence-electron chi connectivity index (χ0n) is 15.9. The van der Waals surface area contributed by atoms with Gasteiger partial charge in [-0.15, -0.1) is 0 Å². The molecule has 3 rings (SSSR count). The third-order valence-electron chi connectivity index (χ3n) is 4.17. The Hall–Kier alpha value is -3.81. The van der Waals surface area contributed by atoms with Crippen LogP contribution >= 0.6 is 0 Å². The fourth-order valence-electron chi connectivity index (χ4n) is 2.66. The van der Waals surface area contributed by atoms with Gasteiger partial charge in [0.15, 0.2) is 17.9 Å². The van der Waals surface area contributed by atoms with E-state index in [-0.39, 0.29) is 48.3 Å². The fraction of sp³-hybridized carbons (Fsp3) is 0.136. The van der Waals surface area contributed by atoms with E-state index < -0.39 is 11.6 Å². The van der Waals surface area contributed by atoms with Crippen LogP contribution in [0.2, 0.25) is 0 Å². The summed E-state index contributed by atoms with van der Waals surface area (Å²) in [4.78, 5) is 11.4. The maximum atomic E-state index is 13.7. The molecule has 3 aromatic carbocycles. The smallest absolute Gasteiger partial charge is 0.202 e. The van der Waals surface area contributed by atoms with Crippen molar-refractivity contribution >= 4 is 17.7 Å². The van der Waals surface area contributed by atoms with Crippen molar-refractivity contribution in [3.05, 3.63) is 77.4 Å². The summed E-state index contributed by atoms with van der Waals surface area (Å²) >= 11 is 0. The number of nitrogen functional groups attached to an aromatic ring is 2. The molecule has 0 aliphatic carbocycles. The van der Waals surface area contributed by atoms with Gasteiger partial charge in [0.2, 0.25) is 5.82 Å². The average Bonchev–Trinajstić information content (AvgIpc) is 2.76. The molecule has 0 fully saturated rings. The molecule has 0 aliphatic heterocycles. The number of hydrogen-bond donors (Lipinski definition) is 2. The summed E-state index contributed by atoms with van der Waals surface area (Å²) in [5, 5.41) is 0. The Morgan fingerprint density at radius 3 is 2.30 bits per heavy atom. The van der Waals surface area contributed by atoms with Crippen LogP contribution in [0.4, 0.5) is 20.2 Å². The molecule has 0 spiro atoms. The van der Waals surface area contributed by atoms with Crippen LogP contribution in [-0.2, 0) is 6.61 Å². The topological polar surface area (TPSA) is 96.8 Å². The van der Waals surface area contributed by atoms with Gasteiger partial charge < -0.3 is 25.7 Å². The summed E-state index contributed by atoms with van der Waals surface area (Å²) in [6.07, 6.45) is 0.631. The number of carbonyl (C=O) groups is 1. The highest BCUT2D eigenvalue weighted by Gasteiger charge is 2.14. The second-order valence-electron chi connectivity index (χ2n) is 6.30. The number of rotatable bonds is 9. The summed E-state index contributed by atoms with van der Waals surface area (Å²) in [7, 11) is 0. The Balaban J connectivity index is 1.61. The van der Waals surface area contributed by atoms with Gasteiger partial charge in [0, 0.05) is 6.07 Å². The van der Waals surface area contributed by atoms with Crippen LogP contribution in [0.3, 0.4) is 0 Å². The molecule has 0 aromatic heterocycles. The molecule has 0 saturated carbocycles. The van der Waals surface area contributed by atoms with E-state index in [2.05, 4.69) is 0 Å². The van der Waals surface area contributed by atoms with E-state index in [1.165, 1.54) is 18.2 Å². The molecule has 30 heavy (non-hydrogen) atoms. The molecule has 4 N–H and O–H groups in total. The number of benzene rings is 3. The second kappa shape index (κ2) is 9.60. The quantitative estimate of drug-likeness (QED) is 0.312. The summed E-state index contributed by atoms with van der Waals surface area (Å²) in [6.45, 7) is 0.116. The van der Waals surface area contributed by atoms with Gasteiger partial charge in [-0.3, -0.25) is 4.79 Å². The molecule has 0 radical (unpaired) electrons. The third kappa shape index (κ3) is 4.96. The largest absolute Gasteiger partial charge is 0.488 e. The van der Waals surface area contributed by atoms with Gasteiger partial charge in [0.25, 0.3) is 0 Å². The Kier molecular flexibility index (Phi) is 6.69. The molecule has 0 bridgehead atoms. The first-order valence-electron chi connectivity index (χ1n) is 9.04. The van der Waals surface area contributed by atoms with Crippen molar-refractivity contribution < 1.29 is 27.8 Å². The van der Waals surface area contributed by atoms with Crippen molar-refractivity contribution in [2.24, 2.45) is 0 Å². The zero-order chi connectivity index (χ0) is 21.5. The lowest BCUT2D eigenvalue weighted by Gasteiger charge is -2.14. The highest BCUT2D eigenvalue weighted by Crippen LogP contribution is 2.31. The molecule has 0 amide bonds. The first kappa shape index (κ1) is 20.9. The summed E-state index contributed by atoms with van der Waals surface area (Å²) in [5.74, 6) is -2.06. The van der Waals surface area contributed by atoms with Crippen molar-refractivity contribution in [3.8, 4) is 17.2 Å². The van der Waals surface area contributed by atoms with E-state index in [4.69, 9.17) is 25.7 Å². The highest BCUT2D eigenvalue weighted by atomic mass is 19.2. The van der Waals surface area contributed by atoms with Crippen molar-refractivity contribution in [2.45, 2.75) is 6.61 Å². The molecule has 6 nitrogen and oxygen atoms in total. The van der Waals surface area contributed by atoms with Crippen LogP contribution in [0, 0.1) is 11.6 Å². The molecule has 0 aliphatic rings. The van der Waals surface area contributed by atoms with Crippen molar-refractivity contribution in [2.75, 3.05) is 24.7 Å². The van der Waals surface area contributed by atoms with E-state index in [0.717, 1.165) is 11.6 Å². The number of ether oxygens (including phenoxy) is 3. The second-order valence-corrected chi connectivity index (χ2v) is 6.30. The van der Waals surface area contributed by atoms with Gasteiger partial charge in [-0.05, 0) is 23.8 Å². The lowest BCUT2D eigenvalue weighted by atomic mass is 10.1. The standard InChI is InChI=1S/C22H20F2N2O4/c23-16-6-7-17(25)22(21(16)24)29-9-8-28-20-10-15(12-27)19(11-18(20)26)30-13-14-4-2-1-3-5-14/h1-7,10-12H,8-9,13,25-26H2. The van der Waals surface area contributed by atoms with Crippen LogP contribution in [0.1, 0.15) is 15.9 Å². The summed E-state index contributed by atoms with van der Waals surface area (Å²) in [6, 6.07) is 14.5. The molecule has 0 saturated heterocycles. The van der Waals surface area contributed by atoms with E-state index >= 15 is 0 Å². The van der Waals surface area contributed by atoms with Gasteiger partial charge in [0.1, 0.15) is 31.3 Å². The zero-order valence-corrected chi connectivity index (χ0v) is 15.9. The van der Waals surface area contributed by atoms with Crippen LogP contribution in [-0.4, -0.2) is 19.5 Å². The Bertz CT molecular complexity index is 1030. The Morgan fingerprint density at radius 1 is 0.833 bits per heavy atom. The van der Waals surface area contributed by atoms with E-state index in [9.17, 15) is 13.6 Å². The Labute approximate surface area is 172 Å². The van der Waals surface area contributed by atoms with Gasteiger partial charge in [-0.1, -0.05) is 30.3 Å². The summed E-state index contributed by atoms with van der Waals surface area (Å²) in [5.41, 5.74) is 13.0. The van der Waals surface area contributed by atoms with Crippen LogP contribution in [0.15, 0.2) is 54.6 Å². The van der Waals surface area contributed by atoms with Gasteiger partial charge in [-0.25, -0.2) is 4.39 Å². The Morgan fingerprint density at radius 2 is 1.57 bits per heavy atom. The lowest BCUT2D eigenvalue weighted by Crippen LogP contribution is -2.12. The average molecular weight is 414 g/mol. The van der Waals surface area contributed by atoms with Crippen molar-refractivity contribution in [1.82, 2.24) is 0 Å². The van der Waals surface area contributed by atoms with Gasteiger partial charge in [0.05, 0.1) is 16.9 Å².